The second kappa shape index (κ2) is 7.17. The van der Waals surface area contributed by atoms with E-state index in [0.29, 0.717) is 27.9 Å². The maximum absolute atomic E-state index is 12.6. The minimum absolute atomic E-state index is 0.0917. The fraction of sp³-hybridized carbons (Fsp3) is 0.130. The van der Waals surface area contributed by atoms with Gasteiger partial charge in [0.1, 0.15) is 11.3 Å². The number of fused-ring (bicyclic) bond motifs is 2. The Labute approximate surface area is 181 Å². The molecule has 1 amide bonds. The summed E-state index contributed by atoms with van der Waals surface area (Å²) < 4.78 is 7.71. The Balaban J connectivity index is 1.43. The summed E-state index contributed by atoms with van der Waals surface area (Å²) in [7, 11) is 0. The summed E-state index contributed by atoms with van der Waals surface area (Å²) in [5.41, 5.74) is 4.54. The fourth-order valence-electron chi connectivity index (χ4n) is 3.56. The van der Waals surface area contributed by atoms with E-state index in [9.17, 15) is 9.59 Å². The number of benzene rings is 2. The van der Waals surface area contributed by atoms with Crippen LogP contribution in [0.1, 0.15) is 27.2 Å². The first-order valence-electron chi connectivity index (χ1n) is 9.67. The first-order valence-corrected chi connectivity index (χ1v) is 10.5. The van der Waals surface area contributed by atoms with Gasteiger partial charge in [0.05, 0.1) is 11.1 Å². The van der Waals surface area contributed by atoms with Crippen LogP contribution in [0.3, 0.4) is 0 Å². The molecular weight excluding hydrogens is 412 g/mol. The van der Waals surface area contributed by atoms with Crippen molar-refractivity contribution in [1.82, 2.24) is 14.6 Å². The van der Waals surface area contributed by atoms with Gasteiger partial charge in [-0.05, 0) is 50.1 Å². The molecule has 5 rings (SSSR count). The Kier molecular flexibility index (Phi) is 4.44. The van der Waals surface area contributed by atoms with Gasteiger partial charge in [-0.1, -0.05) is 18.2 Å². The van der Waals surface area contributed by atoms with E-state index in [-0.39, 0.29) is 17.3 Å². The minimum atomic E-state index is -0.311. The third-order valence-corrected chi connectivity index (χ3v) is 6.00. The smallest absolute Gasteiger partial charge is 0.258 e. The highest BCUT2D eigenvalue weighted by Crippen LogP contribution is 2.25. The highest BCUT2D eigenvalue weighted by atomic mass is 32.1. The van der Waals surface area contributed by atoms with Crippen LogP contribution in [-0.4, -0.2) is 20.5 Å². The van der Waals surface area contributed by atoms with E-state index in [1.54, 1.807) is 28.8 Å². The third kappa shape index (κ3) is 3.40. The molecule has 0 saturated heterocycles. The molecule has 0 aliphatic carbocycles. The maximum Gasteiger partial charge on any atom is 0.258 e. The predicted molar refractivity (Wildman–Crippen MR) is 121 cm³/mol. The molecule has 3 aromatic heterocycles. The van der Waals surface area contributed by atoms with Crippen molar-refractivity contribution in [3.63, 3.8) is 0 Å². The van der Waals surface area contributed by atoms with Crippen molar-refractivity contribution in [1.29, 1.82) is 0 Å². The number of nitrogens with one attached hydrogen (secondary N) is 1. The SMILES string of the molecule is Cc1cc(C)c2oc(-c3ccc(C(=O)Nc4nc5scc(C)n5n4)cc3)cc(=O)c2c1. The predicted octanol–water partition coefficient (Wildman–Crippen LogP) is 4.74. The highest BCUT2D eigenvalue weighted by molar-refractivity contribution is 7.15. The molecule has 3 heterocycles. The van der Waals surface area contributed by atoms with Crippen molar-refractivity contribution in [2.45, 2.75) is 20.8 Å². The molecular formula is C23H18N4O3S. The molecule has 5 aromatic rings. The van der Waals surface area contributed by atoms with Crippen molar-refractivity contribution in [2.75, 3.05) is 5.32 Å². The minimum Gasteiger partial charge on any atom is -0.456 e. The number of carbonyl (C=O) groups is 1. The van der Waals surface area contributed by atoms with Crippen molar-refractivity contribution >= 4 is 39.1 Å². The van der Waals surface area contributed by atoms with Gasteiger partial charge in [-0.25, -0.2) is 4.52 Å². The van der Waals surface area contributed by atoms with Crippen LogP contribution >= 0.6 is 11.3 Å². The average molecular weight is 430 g/mol. The highest BCUT2D eigenvalue weighted by Gasteiger charge is 2.14. The number of amides is 1. The lowest BCUT2D eigenvalue weighted by molar-refractivity contribution is 0.102. The number of thiazole rings is 1. The van der Waals surface area contributed by atoms with E-state index in [1.165, 1.54) is 17.4 Å². The molecule has 0 aliphatic rings. The van der Waals surface area contributed by atoms with Gasteiger partial charge in [0.15, 0.2) is 5.43 Å². The van der Waals surface area contributed by atoms with Crippen LogP contribution in [0.5, 0.6) is 0 Å². The van der Waals surface area contributed by atoms with Gasteiger partial charge >= 0.3 is 0 Å². The topological polar surface area (TPSA) is 89.5 Å². The summed E-state index contributed by atoms with van der Waals surface area (Å²) >= 11 is 1.46. The molecule has 31 heavy (non-hydrogen) atoms. The Bertz CT molecular complexity index is 1530. The van der Waals surface area contributed by atoms with Crippen molar-refractivity contribution in [3.05, 3.63) is 80.5 Å². The van der Waals surface area contributed by atoms with Gasteiger partial charge in [-0.2, -0.15) is 4.98 Å². The van der Waals surface area contributed by atoms with Crippen LogP contribution in [0, 0.1) is 20.8 Å². The zero-order valence-corrected chi connectivity index (χ0v) is 17.9. The largest absolute Gasteiger partial charge is 0.456 e. The van der Waals surface area contributed by atoms with E-state index in [4.69, 9.17) is 4.42 Å². The molecule has 0 radical (unpaired) electrons. The summed E-state index contributed by atoms with van der Waals surface area (Å²) in [6.07, 6.45) is 0. The van der Waals surface area contributed by atoms with Crippen molar-refractivity contribution in [2.24, 2.45) is 0 Å². The molecule has 7 nitrogen and oxygen atoms in total. The number of rotatable bonds is 3. The lowest BCUT2D eigenvalue weighted by Gasteiger charge is -2.07. The van der Waals surface area contributed by atoms with Gasteiger partial charge in [-0.15, -0.1) is 16.4 Å². The van der Waals surface area contributed by atoms with Gasteiger partial charge in [0.2, 0.25) is 4.96 Å². The molecule has 0 fully saturated rings. The molecule has 0 saturated carbocycles. The number of anilines is 1. The summed E-state index contributed by atoms with van der Waals surface area (Å²) in [6, 6.07) is 12.2. The van der Waals surface area contributed by atoms with Crippen molar-refractivity contribution in [3.8, 4) is 11.3 Å². The van der Waals surface area contributed by atoms with Gasteiger partial charge in [0, 0.05) is 22.6 Å². The summed E-state index contributed by atoms with van der Waals surface area (Å²) in [5.74, 6) is 0.409. The average Bonchev–Trinajstić information content (AvgIpc) is 3.30. The zero-order valence-electron chi connectivity index (χ0n) is 17.1. The first kappa shape index (κ1) is 19.2. The standard InChI is InChI=1S/C23H18N4O3S/c1-12-8-13(2)20-17(9-12)18(28)10-19(30-20)15-4-6-16(7-5-15)21(29)24-22-25-23-27(26-22)14(3)11-31-23/h4-11H,1-3H3,(H,24,26,29). The van der Waals surface area contributed by atoms with Crippen LogP contribution in [0.2, 0.25) is 0 Å². The molecule has 0 unspecified atom stereocenters. The van der Waals surface area contributed by atoms with Gasteiger partial charge in [0.25, 0.3) is 11.9 Å². The monoisotopic (exact) mass is 430 g/mol. The zero-order chi connectivity index (χ0) is 21.7. The van der Waals surface area contributed by atoms with E-state index in [0.717, 1.165) is 21.8 Å². The third-order valence-electron chi connectivity index (χ3n) is 5.06. The number of aryl methyl sites for hydroxylation is 3. The Morgan fingerprint density at radius 1 is 1.10 bits per heavy atom. The molecule has 1 N–H and O–H groups in total. The number of nitrogens with zero attached hydrogens (tertiary/aromatic N) is 3. The molecule has 0 atom stereocenters. The summed E-state index contributed by atoms with van der Waals surface area (Å²) in [4.78, 5) is 30.2. The number of carbonyl (C=O) groups excluding carboxylic acids is 1. The lowest BCUT2D eigenvalue weighted by Crippen LogP contribution is -2.13. The van der Waals surface area contributed by atoms with Crippen molar-refractivity contribution < 1.29 is 9.21 Å². The van der Waals surface area contributed by atoms with E-state index >= 15 is 0 Å². The van der Waals surface area contributed by atoms with Crippen LogP contribution in [0.25, 0.3) is 27.3 Å². The molecule has 2 aromatic carbocycles. The van der Waals surface area contributed by atoms with Crippen LogP contribution in [0.15, 0.2) is 57.1 Å². The number of aromatic nitrogens is 3. The normalized spacial score (nSPS) is 11.3. The van der Waals surface area contributed by atoms with E-state index in [2.05, 4.69) is 15.4 Å². The Morgan fingerprint density at radius 2 is 1.87 bits per heavy atom. The molecule has 154 valence electrons. The van der Waals surface area contributed by atoms with Crippen LogP contribution in [-0.2, 0) is 0 Å². The molecule has 8 heteroatoms. The quantitative estimate of drug-likeness (QED) is 0.446. The van der Waals surface area contributed by atoms with E-state index in [1.807, 2.05) is 38.3 Å². The summed E-state index contributed by atoms with van der Waals surface area (Å²) in [6.45, 7) is 5.80. The molecule has 0 aliphatic heterocycles. The van der Waals surface area contributed by atoms with Gasteiger partial charge in [-0.3, -0.25) is 14.9 Å². The van der Waals surface area contributed by atoms with Crippen LogP contribution < -0.4 is 10.7 Å². The second-order valence-electron chi connectivity index (χ2n) is 7.47. The maximum atomic E-state index is 12.6. The molecule has 0 bridgehead atoms. The first-order chi connectivity index (χ1) is 14.9. The number of hydrogen-bond acceptors (Lipinski definition) is 6. The van der Waals surface area contributed by atoms with Gasteiger partial charge < -0.3 is 4.42 Å². The second-order valence-corrected chi connectivity index (χ2v) is 8.31. The Hall–Kier alpha value is -3.78. The molecule has 0 spiro atoms. The van der Waals surface area contributed by atoms with Crippen LogP contribution in [0.4, 0.5) is 5.95 Å². The fourth-order valence-corrected chi connectivity index (χ4v) is 4.36. The summed E-state index contributed by atoms with van der Waals surface area (Å²) in [5, 5.41) is 9.53. The Morgan fingerprint density at radius 3 is 2.61 bits per heavy atom. The van der Waals surface area contributed by atoms with E-state index < -0.39 is 0 Å². The number of hydrogen-bond donors (Lipinski definition) is 1. The lowest BCUT2D eigenvalue weighted by atomic mass is 10.1.